The van der Waals surface area contributed by atoms with E-state index in [0.717, 1.165) is 25.9 Å². The van der Waals surface area contributed by atoms with Crippen LogP contribution in [0.15, 0.2) is 24.3 Å². The SMILES string of the molecule is CCCc1ccc(C(NN)C2(C)CCCO2)cc1. The normalized spacial score (nSPS) is 25.3. The zero-order valence-electron chi connectivity index (χ0n) is 11.4. The van der Waals surface area contributed by atoms with Crippen LogP contribution >= 0.6 is 0 Å². The predicted molar refractivity (Wildman–Crippen MR) is 74.1 cm³/mol. The van der Waals surface area contributed by atoms with Gasteiger partial charge in [0.25, 0.3) is 0 Å². The summed E-state index contributed by atoms with van der Waals surface area (Å²) in [4.78, 5) is 0. The minimum Gasteiger partial charge on any atom is -0.373 e. The van der Waals surface area contributed by atoms with Crippen molar-refractivity contribution >= 4 is 0 Å². The van der Waals surface area contributed by atoms with Gasteiger partial charge >= 0.3 is 0 Å². The Morgan fingerprint density at radius 3 is 2.61 bits per heavy atom. The maximum atomic E-state index is 5.88. The molecule has 1 saturated heterocycles. The van der Waals surface area contributed by atoms with Gasteiger partial charge in [0.05, 0.1) is 11.6 Å². The summed E-state index contributed by atoms with van der Waals surface area (Å²) in [5, 5.41) is 0. The first-order valence-corrected chi connectivity index (χ1v) is 6.88. The van der Waals surface area contributed by atoms with Gasteiger partial charge in [-0.25, -0.2) is 0 Å². The zero-order chi connectivity index (χ0) is 13.0. The number of benzene rings is 1. The molecule has 18 heavy (non-hydrogen) atoms. The standard InChI is InChI=1S/C15H24N2O/c1-3-5-12-6-8-13(9-7-12)14(17-16)15(2)10-4-11-18-15/h6-9,14,17H,3-5,10-11,16H2,1-2H3. The summed E-state index contributed by atoms with van der Waals surface area (Å²) in [5.74, 6) is 5.74. The van der Waals surface area contributed by atoms with Gasteiger partial charge in [-0.3, -0.25) is 11.3 Å². The van der Waals surface area contributed by atoms with Crippen molar-refractivity contribution in [2.45, 2.75) is 51.2 Å². The fourth-order valence-corrected chi connectivity index (χ4v) is 2.82. The van der Waals surface area contributed by atoms with Crippen LogP contribution in [0.1, 0.15) is 50.3 Å². The van der Waals surface area contributed by atoms with E-state index in [1.165, 1.54) is 17.5 Å². The number of nitrogens with two attached hydrogens (primary N) is 1. The summed E-state index contributed by atoms with van der Waals surface area (Å²) >= 11 is 0. The number of hydrogen-bond donors (Lipinski definition) is 2. The molecule has 3 N–H and O–H groups in total. The highest BCUT2D eigenvalue weighted by Gasteiger charge is 2.38. The highest BCUT2D eigenvalue weighted by Crippen LogP contribution is 2.36. The topological polar surface area (TPSA) is 47.3 Å². The second kappa shape index (κ2) is 5.83. The molecule has 2 rings (SSSR count). The van der Waals surface area contributed by atoms with Crippen LogP contribution in [-0.2, 0) is 11.2 Å². The lowest BCUT2D eigenvalue weighted by Crippen LogP contribution is -2.44. The molecule has 2 unspecified atom stereocenters. The molecular weight excluding hydrogens is 224 g/mol. The van der Waals surface area contributed by atoms with Crippen LogP contribution in [-0.4, -0.2) is 12.2 Å². The Morgan fingerprint density at radius 1 is 1.39 bits per heavy atom. The molecule has 1 fully saturated rings. The first-order valence-electron chi connectivity index (χ1n) is 6.88. The predicted octanol–water partition coefficient (Wildman–Crippen LogP) is 2.71. The monoisotopic (exact) mass is 248 g/mol. The first kappa shape index (κ1) is 13.5. The average Bonchev–Trinajstić information content (AvgIpc) is 2.80. The molecule has 1 heterocycles. The van der Waals surface area contributed by atoms with Crippen LogP contribution < -0.4 is 11.3 Å². The Kier molecular flexibility index (Phi) is 4.38. The molecule has 100 valence electrons. The third-order valence-corrected chi connectivity index (χ3v) is 3.88. The number of ether oxygens (including phenoxy) is 1. The molecule has 0 aromatic heterocycles. The Bertz CT molecular complexity index is 369. The molecule has 1 aliphatic heterocycles. The summed E-state index contributed by atoms with van der Waals surface area (Å²) in [6.07, 6.45) is 4.48. The molecular formula is C15H24N2O. The first-order chi connectivity index (χ1) is 8.69. The van der Waals surface area contributed by atoms with E-state index in [9.17, 15) is 0 Å². The fourth-order valence-electron chi connectivity index (χ4n) is 2.82. The number of nitrogens with one attached hydrogen (secondary N) is 1. The Morgan fingerprint density at radius 2 is 2.11 bits per heavy atom. The van der Waals surface area contributed by atoms with Crippen LogP contribution in [0.3, 0.4) is 0 Å². The average molecular weight is 248 g/mol. The van der Waals surface area contributed by atoms with E-state index in [-0.39, 0.29) is 11.6 Å². The summed E-state index contributed by atoms with van der Waals surface area (Å²) < 4.78 is 5.88. The second-order valence-electron chi connectivity index (χ2n) is 5.36. The van der Waals surface area contributed by atoms with Gasteiger partial charge in [0.2, 0.25) is 0 Å². The Labute approximate surface area is 110 Å². The minimum atomic E-state index is -0.180. The lowest BCUT2D eigenvalue weighted by Gasteiger charge is -2.33. The van der Waals surface area contributed by atoms with Gasteiger partial charge < -0.3 is 4.74 Å². The highest BCUT2D eigenvalue weighted by atomic mass is 16.5. The molecule has 0 radical (unpaired) electrons. The van der Waals surface area contributed by atoms with Crippen molar-refractivity contribution in [3.8, 4) is 0 Å². The molecule has 0 bridgehead atoms. The zero-order valence-corrected chi connectivity index (χ0v) is 11.4. The molecule has 0 aliphatic carbocycles. The molecule has 3 heteroatoms. The van der Waals surface area contributed by atoms with Crippen molar-refractivity contribution in [2.75, 3.05) is 6.61 Å². The van der Waals surface area contributed by atoms with Gasteiger partial charge in [-0.2, -0.15) is 0 Å². The Balaban J connectivity index is 2.16. The van der Waals surface area contributed by atoms with E-state index in [1.807, 2.05) is 0 Å². The van der Waals surface area contributed by atoms with E-state index < -0.39 is 0 Å². The van der Waals surface area contributed by atoms with Crippen molar-refractivity contribution in [1.29, 1.82) is 0 Å². The molecule has 0 saturated carbocycles. The van der Waals surface area contributed by atoms with E-state index in [1.54, 1.807) is 0 Å². The number of aryl methyl sites for hydroxylation is 1. The van der Waals surface area contributed by atoms with E-state index in [2.05, 4.69) is 43.5 Å². The van der Waals surface area contributed by atoms with Crippen LogP contribution in [0.25, 0.3) is 0 Å². The minimum absolute atomic E-state index is 0.0654. The van der Waals surface area contributed by atoms with Crippen molar-refractivity contribution in [3.63, 3.8) is 0 Å². The third kappa shape index (κ3) is 2.74. The maximum absolute atomic E-state index is 5.88. The number of rotatable bonds is 5. The fraction of sp³-hybridized carbons (Fsp3) is 0.600. The Hall–Kier alpha value is -0.900. The quantitative estimate of drug-likeness (QED) is 0.622. The van der Waals surface area contributed by atoms with Gasteiger partial charge in [-0.15, -0.1) is 0 Å². The molecule has 1 aromatic carbocycles. The van der Waals surface area contributed by atoms with Gasteiger partial charge in [0.1, 0.15) is 0 Å². The van der Waals surface area contributed by atoms with Gasteiger partial charge in [0.15, 0.2) is 0 Å². The molecule has 1 aromatic rings. The summed E-state index contributed by atoms with van der Waals surface area (Å²) in [6, 6.07) is 8.80. The van der Waals surface area contributed by atoms with Gasteiger partial charge in [-0.1, -0.05) is 37.6 Å². The molecule has 3 nitrogen and oxygen atoms in total. The van der Waals surface area contributed by atoms with Gasteiger partial charge in [0, 0.05) is 6.61 Å². The second-order valence-corrected chi connectivity index (χ2v) is 5.36. The van der Waals surface area contributed by atoms with Crippen molar-refractivity contribution in [1.82, 2.24) is 5.43 Å². The molecule has 1 aliphatic rings. The number of hydrazine groups is 1. The number of hydrogen-bond acceptors (Lipinski definition) is 3. The van der Waals surface area contributed by atoms with Crippen LogP contribution in [0.5, 0.6) is 0 Å². The third-order valence-electron chi connectivity index (χ3n) is 3.88. The molecule has 0 amide bonds. The van der Waals surface area contributed by atoms with Crippen LogP contribution in [0, 0.1) is 0 Å². The van der Waals surface area contributed by atoms with E-state index >= 15 is 0 Å². The molecule has 0 spiro atoms. The van der Waals surface area contributed by atoms with Gasteiger partial charge in [-0.05, 0) is 37.3 Å². The van der Waals surface area contributed by atoms with Crippen molar-refractivity contribution in [2.24, 2.45) is 5.84 Å². The summed E-state index contributed by atoms with van der Waals surface area (Å²) in [7, 11) is 0. The van der Waals surface area contributed by atoms with Crippen LogP contribution in [0.4, 0.5) is 0 Å². The summed E-state index contributed by atoms with van der Waals surface area (Å²) in [6.45, 7) is 5.18. The smallest absolute Gasteiger partial charge is 0.0862 e. The molecule has 2 atom stereocenters. The van der Waals surface area contributed by atoms with Crippen LogP contribution in [0.2, 0.25) is 0 Å². The lowest BCUT2D eigenvalue weighted by molar-refractivity contribution is -0.0125. The van der Waals surface area contributed by atoms with Crippen molar-refractivity contribution < 1.29 is 4.74 Å². The lowest BCUT2D eigenvalue weighted by atomic mass is 9.87. The van der Waals surface area contributed by atoms with E-state index in [4.69, 9.17) is 10.6 Å². The van der Waals surface area contributed by atoms with Crippen molar-refractivity contribution in [3.05, 3.63) is 35.4 Å². The summed E-state index contributed by atoms with van der Waals surface area (Å²) in [5.41, 5.74) is 5.34. The van der Waals surface area contributed by atoms with E-state index in [0.29, 0.717) is 0 Å². The highest BCUT2D eigenvalue weighted by molar-refractivity contribution is 5.27. The largest absolute Gasteiger partial charge is 0.373 e. The maximum Gasteiger partial charge on any atom is 0.0862 e.